The Bertz CT molecular complexity index is 920. The second-order valence-corrected chi connectivity index (χ2v) is 6.46. The summed E-state index contributed by atoms with van der Waals surface area (Å²) in [6.07, 6.45) is 0.297. The quantitative estimate of drug-likeness (QED) is 0.605. The van der Waals surface area contributed by atoms with Crippen molar-refractivity contribution in [3.8, 4) is 12.1 Å². The number of esters is 1. The van der Waals surface area contributed by atoms with E-state index in [9.17, 15) is 9.59 Å². The van der Waals surface area contributed by atoms with Gasteiger partial charge in [-0.05, 0) is 19.4 Å². The lowest BCUT2D eigenvalue weighted by atomic mass is 10.2. The molecule has 0 fully saturated rings. The largest absolute Gasteiger partial charge is 0.452 e. The molecule has 0 aliphatic heterocycles. The Morgan fingerprint density at radius 3 is 2.31 bits per heavy atom. The molecular formula is C21H23N5O3. The van der Waals surface area contributed by atoms with Crippen molar-refractivity contribution >= 4 is 11.9 Å². The van der Waals surface area contributed by atoms with Crippen molar-refractivity contribution in [2.45, 2.75) is 33.2 Å². The van der Waals surface area contributed by atoms with Crippen LogP contribution in [0.2, 0.25) is 0 Å². The van der Waals surface area contributed by atoms with Crippen molar-refractivity contribution in [2.24, 2.45) is 0 Å². The maximum absolute atomic E-state index is 12.6. The zero-order chi connectivity index (χ0) is 21.2. The highest BCUT2D eigenvalue weighted by molar-refractivity contribution is 5.93. The topological polar surface area (TPSA) is 112 Å². The number of nitrogens with zero attached hydrogens (tertiary/aromatic N) is 5. The molecule has 0 spiro atoms. The molecule has 0 radical (unpaired) electrons. The predicted octanol–water partition coefficient (Wildman–Crippen LogP) is 2.36. The summed E-state index contributed by atoms with van der Waals surface area (Å²) in [4.78, 5) is 26.2. The van der Waals surface area contributed by atoms with Crippen LogP contribution in [0.4, 0.5) is 0 Å². The third kappa shape index (κ3) is 5.91. The van der Waals surface area contributed by atoms with Crippen LogP contribution >= 0.6 is 0 Å². The minimum Gasteiger partial charge on any atom is -0.452 e. The number of rotatable bonds is 9. The van der Waals surface area contributed by atoms with Crippen molar-refractivity contribution in [1.29, 1.82) is 10.5 Å². The van der Waals surface area contributed by atoms with E-state index in [4.69, 9.17) is 15.3 Å². The molecule has 0 N–H and O–H groups in total. The van der Waals surface area contributed by atoms with Crippen molar-refractivity contribution < 1.29 is 14.3 Å². The molecule has 0 unspecified atom stereocenters. The third-order valence-corrected chi connectivity index (χ3v) is 4.43. The number of carbonyl (C=O) groups excluding carboxylic acids is 2. The van der Waals surface area contributed by atoms with Crippen LogP contribution in [0.5, 0.6) is 0 Å². The summed E-state index contributed by atoms with van der Waals surface area (Å²) < 4.78 is 6.94. The zero-order valence-corrected chi connectivity index (χ0v) is 16.6. The first-order valence-electron chi connectivity index (χ1n) is 9.24. The number of amides is 1. The van der Waals surface area contributed by atoms with Gasteiger partial charge in [0.15, 0.2) is 6.61 Å². The molecule has 0 atom stereocenters. The lowest BCUT2D eigenvalue weighted by Gasteiger charge is -2.20. The fourth-order valence-corrected chi connectivity index (χ4v) is 2.92. The molecule has 1 amide bonds. The number of hydrogen-bond donors (Lipinski definition) is 0. The number of ether oxygens (including phenoxy) is 1. The van der Waals surface area contributed by atoms with Crippen molar-refractivity contribution in [3.63, 3.8) is 0 Å². The van der Waals surface area contributed by atoms with Crippen molar-refractivity contribution in [1.82, 2.24) is 14.7 Å². The summed E-state index contributed by atoms with van der Waals surface area (Å²) in [5.74, 6) is -1.05. The SMILES string of the molecule is Cc1nn(Cc2ccccc2)c(C)c1C(=O)OCC(=O)N(CCC#N)CCC#N. The van der Waals surface area contributed by atoms with Gasteiger partial charge in [0, 0.05) is 13.1 Å². The second-order valence-electron chi connectivity index (χ2n) is 6.46. The summed E-state index contributed by atoms with van der Waals surface area (Å²) in [6.45, 7) is 3.98. The standard InChI is InChI=1S/C21H23N5O3/c1-16-20(17(2)26(24-16)14-18-8-4-3-5-9-18)21(28)29-15-19(27)25(12-6-10-22)13-7-11-23/h3-5,8-9H,6-7,12-15H2,1-2H3. The van der Waals surface area contributed by atoms with E-state index in [1.807, 2.05) is 42.5 Å². The van der Waals surface area contributed by atoms with Crippen LogP contribution in [0.1, 0.15) is 40.2 Å². The smallest absolute Gasteiger partial charge is 0.342 e. The molecule has 1 heterocycles. The number of nitriles is 2. The molecular weight excluding hydrogens is 370 g/mol. The van der Waals surface area contributed by atoms with Gasteiger partial charge in [-0.3, -0.25) is 9.48 Å². The van der Waals surface area contributed by atoms with Crippen LogP contribution in [-0.4, -0.2) is 46.3 Å². The summed E-state index contributed by atoms with van der Waals surface area (Å²) >= 11 is 0. The van der Waals surface area contributed by atoms with Crippen LogP contribution in [0, 0.1) is 36.5 Å². The first-order valence-corrected chi connectivity index (χ1v) is 9.24. The van der Waals surface area contributed by atoms with Gasteiger partial charge in [0.05, 0.1) is 42.9 Å². The summed E-state index contributed by atoms with van der Waals surface area (Å²) in [7, 11) is 0. The van der Waals surface area contributed by atoms with Gasteiger partial charge in [0.1, 0.15) is 5.56 Å². The van der Waals surface area contributed by atoms with Crippen LogP contribution in [0.15, 0.2) is 30.3 Å². The maximum atomic E-state index is 12.6. The van der Waals surface area contributed by atoms with Gasteiger partial charge < -0.3 is 9.64 Å². The molecule has 0 aliphatic carbocycles. The number of aryl methyl sites for hydroxylation is 1. The maximum Gasteiger partial charge on any atom is 0.342 e. The highest BCUT2D eigenvalue weighted by Crippen LogP contribution is 2.16. The average molecular weight is 393 g/mol. The van der Waals surface area contributed by atoms with Gasteiger partial charge in [0.2, 0.25) is 0 Å². The Balaban J connectivity index is 2.04. The Morgan fingerprint density at radius 1 is 1.10 bits per heavy atom. The normalized spacial score (nSPS) is 10.1. The van der Waals surface area contributed by atoms with Crippen molar-refractivity contribution in [2.75, 3.05) is 19.7 Å². The fourth-order valence-electron chi connectivity index (χ4n) is 2.92. The number of carbonyl (C=O) groups is 2. The number of aromatic nitrogens is 2. The molecule has 2 aromatic rings. The van der Waals surface area contributed by atoms with E-state index in [0.717, 1.165) is 5.56 Å². The van der Waals surface area contributed by atoms with Gasteiger partial charge >= 0.3 is 5.97 Å². The molecule has 0 saturated heterocycles. The number of hydrogen-bond acceptors (Lipinski definition) is 6. The summed E-state index contributed by atoms with van der Waals surface area (Å²) in [5.41, 5.74) is 2.59. The van der Waals surface area contributed by atoms with E-state index in [-0.39, 0.29) is 25.9 Å². The second kappa shape index (κ2) is 10.6. The van der Waals surface area contributed by atoms with E-state index in [1.54, 1.807) is 18.5 Å². The van der Waals surface area contributed by atoms with E-state index in [2.05, 4.69) is 5.10 Å². The van der Waals surface area contributed by atoms with E-state index >= 15 is 0 Å². The minimum atomic E-state index is -0.617. The van der Waals surface area contributed by atoms with Crippen LogP contribution < -0.4 is 0 Å². The van der Waals surface area contributed by atoms with E-state index < -0.39 is 18.5 Å². The molecule has 2 rings (SSSR count). The average Bonchev–Trinajstić information content (AvgIpc) is 3.00. The highest BCUT2D eigenvalue weighted by atomic mass is 16.5. The Labute approximate surface area is 169 Å². The molecule has 29 heavy (non-hydrogen) atoms. The van der Waals surface area contributed by atoms with E-state index in [1.165, 1.54) is 4.90 Å². The molecule has 8 nitrogen and oxygen atoms in total. The van der Waals surface area contributed by atoms with E-state index in [0.29, 0.717) is 23.5 Å². The summed E-state index contributed by atoms with van der Waals surface area (Å²) in [6, 6.07) is 13.7. The fraction of sp³-hybridized carbons (Fsp3) is 0.381. The van der Waals surface area contributed by atoms with Crippen LogP contribution in [0.25, 0.3) is 0 Å². The molecule has 0 aliphatic rings. The minimum absolute atomic E-state index is 0.148. The monoisotopic (exact) mass is 393 g/mol. The Kier molecular flexibility index (Phi) is 7.93. The van der Waals surface area contributed by atoms with Crippen LogP contribution in [0.3, 0.4) is 0 Å². The zero-order valence-electron chi connectivity index (χ0n) is 16.6. The van der Waals surface area contributed by atoms with Crippen LogP contribution in [-0.2, 0) is 16.1 Å². The highest BCUT2D eigenvalue weighted by Gasteiger charge is 2.22. The first kappa shape index (κ1) is 21.6. The van der Waals surface area contributed by atoms with Crippen molar-refractivity contribution in [3.05, 3.63) is 52.8 Å². The van der Waals surface area contributed by atoms with Gasteiger partial charge in [-0.1, -0.05) is 30.3 Å². The molecule has 0 saturated carbocycles. The molecule has 8 heteroatoms. The first-order chi connectivity index (χ1) is 14.0. The van der Waals surface area contributed by atoms with Gasteiger partial charge in [-0.15, -0.1) is 0 Å². The molecule has 1 aromatic carbocycles. The third-order valence-electron chi connectivity index (χ3n) is 4.43. The van der Waals surface area contributed by atoms with Gasteiger partial charge in [-0.25, -0.2) is 4.79 Å². The Morgan fingerprint density at radius 2 is 1.72 bits per heavy atom. The lowest BCUT2D eigenvalue weighted by Crippen LogP contribution is -2.36. The van der Waals surface area contributed by atoms with Gasteiger partial charge in [-0.2, -0.15) is 15.6 Å². The van der Waals surface area contributed by atoms with Gasteiger partial charge in [0.25, 0.3) is 5.91 Å². The predicted molar refractivity (Wildman–Crippen MR) is 105 cm³/mol. The molecule has 1 aromatic heterocycles. The number of benzene rings is 1. The lowest BCUT2D eigenvalue weighted by molar-refractivity contribution is -0.134. The summed E-state index contributed by atoms with van der Waals surface area (Å²) in [5, 5.41) is 21.8. The molecule has 150 valence electrons. The molecule has 0 bridgehead atoms. The Hall–Kier alpha value is -3.65.